The molecule has 0 fully saturated rings. The molecule has 2 heterocycles. The fourth-order valence-corrected chi connectivity index (χ4v) is 3.30. The van der Waals surface area contributed by atoms with E-state index in [1.165, 1.54) is 0 Å². The number of urea groups is 1. The lowest BCUT2D eigenvalue weighted by atomic mass is 9.93. The number of carbonyl (C=O) groups is 1. The number of aromatic nitrogens is 2. The summed E-state index contributed by atoms with van der Waals surface area (Å²) in [5.41, 5.74) is 2.23. The molecule has 0 aromatic carbocycles. The Morgan fingerprint density at radius 2 is 2.35 bits per heavy atom. The van der Waals surface area contributed by atoms with Crippen molar-refractivity contribution in [3.05, 3.63) is 39.8 Å². The molecule has 1 aliphatic rings. The molecule has 2 aromatic rings. The van der Waals surface area contributed by atoms with Crippen LogP contribution in [0.25, 0.3) is 0 Å². The third kappa shape index (κ3) is 3.98. The van der Waals surface area contributed by atoms with Gasteiger partial charge in [-0.25, -0.2) is 14.8 Å². The zero-order chi connectivity index (χ0) is 16.2. The van der Waals surface area contributed by atoms with Gasteiger partial charge in [0.05, 0.1) is 6.54 Å². The highest BCUT2D eigenvalue weighted by molar-refractivity contribution is 7.09. The van der Waals surface area contributed by atoms with Crippen LogP contribution in [0.5, 0.6) is 0 Å². The molecule has 1 aliphatic carbocycles. The first-order valence-electron chi connectivity index (χ1n) is 7.70. The molecule has 122 valence electrons. The zero-order valence-electron chi connectivity index (χ0n) is 13.4. The topological polar surface area (TPSA) is 70.2 Å². The van der Waals surface area contributed by atoms with Gasteiger partial charge in [0.1, 0.15) is 0 Å². The minimum Gasteiger partial charge on any atom is -0.347 e. The van der Waals surface area contributed by atoms with Crippen LogP contribution < -0.4 is 15.5 Å². The van der Waals surface area contributed by atoms with Crippen molar-refractivity contribution in [1.29, 1.82) is 0 Å². The maximum Gasteiger partial charge on any atom is 0.315 e. The first kappa shape index (κ1) is 15.7. The van der Waals surface area contributed by atoms with Crippen molar-refractivity contribution in [3.8, 4) is 0 Å². The third-order valence-corrected chi connectivity index (χ3v) is 4.75. The van der Waals surface area contributed by atoms with Crippen molar-refractivity contribution in [3.63, 3.8) is 0 Å². The Morgan fingerprint density at radius 3 is 3.09 bits per heavy atom. The van der Waals surface area contributed by atoms with Crippen molar-refractivity contribution in [2.75, 3.05) is 19.0 Å². The Labute approximate surface area is 140 Å². The fourth-order valence-electron chi connectivity index (χ4n) is 2.65. The van der Waals surface area contributed by atoms with E-state index >= 15 is 0 Å². The summed E-state index contributed by atoms with van der Waals surface area (Å²) in [7, 11) is 3.87. The van der Waals surface area contributed by atoms with Crippen LogP contribution in [-0.2, 0) is 19.4 Å². The molecule has 2 aromatic heterocycles. The van der Waals surface area contributed by atoms with E-state index < -0.39 is 0 Å². The molecule has 0 bridgehead atoms. The van der Waals surface area contributed by atoms with Gasteiger partial charge >= 0.3 is 6.03 Å². The number of nitrogens with one attached hydrogen (secondary N) is 2. The maximum absolute atomic E-state index is 12.0. The summed E-state index contributed by atoms with van der Waals surface area (Å²) in [6.45, 7) is 0.572. The van der Waals surface area contributed by atoms with E-state index in [1.54, 1.807) is 11.3 Å². The van der Waals surface area contributed by atoms with E-state index in [0.29, 0.717) is 6.54 Å². The van der Waals surface area contributed by atoms with Crippen LogP contribution in [0, 0.1) is 0 Å². The molecule has 2 N–H and O–H groups in total. The number of hydrogen-bond donors (Lipinski definition) is 2. The zero-order valence-corrected chi connectivity index (χ0v) is 14.2. The van der Waals surface area contributed by atoms with Gasteiger partial charge in [-0.05, 0) is 36.3 Å². The molecular weight excluding hydrogens is 310 g/mol. The molecule has 0 unspecified atom stereocenters. The Kier molecular flexibility index (Phi) is 4.76. The van der Waals surface area contributed by atoms with E-state index in [1.807, 2.05) is 42.7 Å². The highest BCUT2D eigenvalue weighted by atomic mass is 32.1. The molecule has 0 radical (unpaired) electrons. The van der Waals surface area contributed by atoms with Crippen LogP contribution in [-0.4, -0.2) is 36.1 Å². The van der Waals surface area contributed by atoms with Crippen LogP contribution in [0.15, 0.2) is 23.7 Å². The van der Waals surface area contributed by atoms with E-state index in [0.717, 1.165) is 41.3 Å². The summed E-state index contributed by atoms with van der Waals surface area (Å²) >= 11 is 1.64. The van der Waals surface area contributed by atoms with Crippen molar-refractivity contribution in [1.82, 2.24) is 20.6 Å². The second kappa shape index (κ2) is 6.95. The molecule has 0 saturated heterocycles. The van der Waals surface area contributed by atoms with Crippen molar-refractivity contribution in [2.24, 2.45) is 0 Å². The van der Waals surface area contributed by atoms with Crippen LogP contribution >= 0.6 is 11.3 Å². The lowest BCUT2D eigenvalue weighted by Gasteiger charge is -2.25. The van der Waals surface area contributed by atoms with Gasteiger partial charge in [-0.2, -0.15) is 0 Å². The maximum atomic E-state index is 12.0. The number of rotatable bonds is 4. The molecule has 0 aliphatic heterocycles. The number of thiophene rings is 1. The number of fused-ring (bicyclic) bond motifs is 1. The quantitative estimate of drug-likeness (QED) is 0.898. The molecule has 0 spiro atoms. The van der Waals surface area contributed by atoms with Gasteiger partial charge in [0, 0.05) is 36.9 Å². The van der Waals surface area contributed by atoms with Crippen LogP contribution in [0.3, 0.4) is 0 Å². The summed E-state index contributed by atoms with van der Waals surface area (Å²) in [4.78, 5) is 24.0. The minimum absolute atomic E-state index is 0.113. The van der Waals surface area contributed by atoms with Crippen molar-refractivity contribution >= 4 is 23.3 Å². The van der Waals surface area contributed by atoms with Crippen LogP contribution in [0.1, 0.15) is 22.6 Å². The molecule has 6 nitrogen and oxygen atoms in total. The minimum atomic E-state index is -0.113. The lowest BCUT2D eigenvalue weighted by Crippen LogP contribution is -2.44. The van der Waals surface area contributed by atoms with Gasteiger partial charge < -0.3 is 15.5 Å². The van der Waals surface area contributed by atoms with Crippen LogP contribution in [0.2, 0.25) is 0 Å². The van der Waals surface area contributed by atoms with Crippen LogP contribution in [0.4, 0.5) is 10.7 Å². The van der Waals surface area contributed by atoms with E-state index in [2.05, 4.69) is 20.6 Å². The molecule has 3 rings (SSSR count). The summed E-state index contributed by atoms with van der Waals surface area (Å²) in [6.07, 6.45) is 4.45. The molecular formula is C16H21N5OS. The highest BCUT2D eigenvalue weighted by Gasteiger charge is 2.22. The van der Waals surface area contributed by atoms with E-state index in [4.69, 9.17) is 0 Å². The van der Waals surface area contributed by atoms with Crippen molar-refractivity contribution < 1.29 is 4.79 Å². The number of amides is 2. The van der Waals surface area contributed by atoms with Gasteiger partial charge in [-0.15, -0.1) is 11.3 Å². The highest BCUT2D eigenvalue weighted by Crippen LogP contribution is 2.20. The number of nitrogens with zero attached hydrogens (tertiary/aromatic N) is 3. The van der Waals surface area contributed by atoms with Gasteiger partial charge in [0.25, 0.3) is 0 Å². The predicted molar refractivity (Wildman–Crippen MR) is 91.9 cm³/mol. The fraction of sp³-hybridized carbons (Fsp3) is 0.438. The normalized spacial score (nSPS) is 16.5. The number of aryl methyl sites for hydroxylation is 1. The van der Waals surface area contributed by atoms with Gasteiger partial charge in [-0.1, -0.05) is 6.07 Å². The first-order valence-corrected chi connectivity index (χ1v) is 8.58. The Bertz CT molecular complexity index is 671. The second-order valence-electron chi connectivity index (χ2n) is 5.88. The average molecular weight is 331 g/mol. The largest absolute Gasteiger partial charge is 0.347 e. The average Bonchev–Trinajstić information content (AvgIpc) is 3.06. The van der Waals surface area contributed by atoms with E-state index in [-0.39, 0.29) is 12.1 Å². The van der Waals surface area contributed by atoms with Gasteiger partial charge in [-0.3, -0.25) is 0 Å². The number of hydrogen-bond acceptors (Lipinski definition) is 5. The Morgan fingerprint density at radius 1 is 1.48 bits per heavy atom. The standard InChI is InChI=1S/C16H21N5OS/c1-21(2)15-17-9-11-8-12(5-6-14(11)20-15)19-16(22)18-10-13-4-3-7-23-13/h3-4,7,9,12H,5-6,8,10H2,1-2H3,(H2,18,19,22)/t12-/m1/s1. The molecule has 0 saturated carbocycles. The Hall–Kier alpha value is -2.15. The molecule has 23 heavy (non-hydrogen) atoms. The molecule has 7 heteroatoms. The lowest BCUT2D eigenvalue weighted by molar-refractivity contribution is 0.235. The third-order valence-electron chi connectivity index (χ3n) is 3.88. The second-order valence-corrected chi connectivity index (χ2v) is 6.91. The molecule has 2 amide bonds. The van der Waals surface area contributed by atoms with Gasteiger partial charge in [0.2, 0.25) is 5.95 Å². The van der Waals surface area contributed by atoms with E-state index in [9.17, 15) is 4.79 Å². The Balaban J connectivity index is 1.54. The van der Waals surface area contributed by atoms with Crippen molar-refractivity contribution in [2.45, 2.75) is 31.8 Å². The SMILES string of the molecule is CN(C)c1ncc2c(n1)CC[C@@H](NC(=O)NCc1cccs1)C2. The summed E-state index contributed by atoms with van der Waals surface area (Å²) in [6, 6.07) is 4.03. The first-order chi connectivity index (χ1) is 11.1. The summed E-state index contributed by atoms with van der Waals surface area (Å²) in [5, 5.41) is 7.96. The predicted octanol–water partition coefficient (Wildman–Crippen LogP) is 1.96. The monoisotopic (exact) mass is 331 g/mol. The number of anilines is 1. The smallest absolute Gasteiger partial charge is 0.315 e. The van der Waals surface area contributed by atoms with Gasteiger partial charge in [0.15, 0.2) is 0 Å². The summed E-state index contributed by atoms with van der Waals surface area (Å²) < 4.78 is 0. The summed E-state index contributed by atoms with van der Waals surface area (Å²) in [5.74, 6) is 0.740. The molecule has 1 atom stereocenters. The number of carbonyl (C=O) groups excluding carboxylic acids is 1.